The second kappa shape index (κ2) is 4.79. The molecule has 1 aromatic rings. The number of hydrogen-bond acceptors (Lipinski definition) is 4. The number of rotatable bonds is 3. The Balaban J connectivity index is 3.08. The molecule has 0 radical (unpaired) electrons. The van der Waals surface area contributed by atoms with Gasteiger partial charge in [-0.2, -0.15) is 0 Å². The maximum Gasteiger partial charge on any atom is 0.235 e. The van der Waals surface area contributed by atoms with Crippen LogP contribution >= 0.6 is 15.9 Å². The average Bonchev–Trinajstić information content (AvgIpc) is 2.18. The number of halogens is 1. The number of methoxy groups -OCH3 is 1. The second-order valence-electron chi connectivity index (χ2n) is 2.52. The third kappa shape index (κ3) is 2.34. The van der Waals surface area contributed by atoms with E-state index < -0.39 is 0 Å². The van der Waals surface area contributed by atoms with Gasteiger partial charge in [0.1, 0.15) is 0 Å². The van der Waals surface area contributed by atoms with Crippen LogP contribution in [0.3, 0.4) is 0 Å². The molecule has 1 aromatic carbocycles. The van der Waals surface area contributed by atoms with Gasteiger partial charge >= 0.3 is 0 Å². The average molecular weight is 258 g/mol. The second-order valence-corrected chi connectivity index (χ2v) is 3.38. The zero-order chi connectivity index (χ0) is 10.6. The number of phenolic OH excluding ortho intramolecular Hbond substituents is 1. The van der Waals surface area contributed by atoms with Crippen LogP contribution in [0.25, 0.3) is 0 Å². The zero-order valence-electron chi connectivity index (χ0n) is 7.45. The number of isocyanates is 1. The van der Waals surface area contributed by atoms with Crippen molar-refractivity contribution >= 4 is 22.0 Å². The van der Waals surface area contributed by atoms with Crippen LogP contribution in [0.2, 0.25) is 0 Å². The lowest BCUT2D eigenvalue weighted by atomic mass is 10.2. The first-order valence-corrected chi connectivity index (χ1v) is 4.57. The Morgan fingerprint density at radius 3 is 2.93 bits per heavy atom. The van der Waals surface area contributed by atoms with Crippen LogP contribution in [0.15, 0.2) is 21.6 Å². The summed E-state index contributed by atoms with van der Waals surface area (Å²) in [4.78, 5) is 13.3. The van der Waals surface area contributed by atoms with Crippen LogP contribution in [-0.2, 0) is 11.3 Å². The van der Waals surface area contributed by atoms with Crippen LogP contribution in [-0.4, -0.2) is 18.3 Å². The van der Waals surface area contributed by atoms with Gasteiger partial charge in [-0.05, 0) is 17.7 Å². The summed E-state index contributed by atoms with van der Waals surface area (Å²) in [6.07, 6.45) is 1.43. The molecule has 0 saturated carbocycles. The zero-order valence-corrected chi connectivity index (χ0v) is 9.04. The highest BCUT2D eigenvalue weighted by Gasteiger charge is 2.07. The van der Waals surface area contributed by atoms with Crippen molar-refractivity contribution in [2.24, 2.45) is 4.99 Å². The summed E-state index contributed by atoms with van der Waals surface area (Å²) in [6.45, 7) is 0.182. The third-order valence-corrected chi connectivity index (χ3v) is 2.40. The minimum absolute atomic E-state index is 0.0202. The van der Waals surface area contributed by atoms with E-state index in [0.717, 1.165) is 4.47 Å². The molecule has 0 atom stereocenters. The molecule has 0 aliphatic rings. The first-order valence-electron chi connectivity index (χ1n) is 3.78. The quantitative estimate of drug-likeness (QED) is 0.666. The van der Waals surface area contributed by atoms with Crippen molar-refractivity contribution in [2.75, 3.05) is 7.11 Å². The molecule has 0 unspecified atom stereocenters. The molecule has 0 heterocycles. The van der Waals surface area contributed by atoms with Gasteiger partial charge in [-0.1, -0.05) is 15.9 Å². The van der Waals surface area contributed by atoms with Crippen molar-refractivity contribution in [3.05, 3.63) is 22.2 Å². The Kier molecular flexibility index (Phi) is 3.68. The normalized spacial score (nSPS) is 9.29. The molecule has 0 aliphatic heterocycles. The maximum atomic E-state index is 9.90. The molecule has 0 amide bonds. The van der Waals surface area contributed by atoms with E-state index in [0.29, 0.717) is 11.3 Å². The number of aromatic hydroxyl groups is 1. The fraction of sp³-hybridized carbons (Fsp3) is 0.222. The van der Waals surface area contributed by atoms with Gasteiger partial charge in [-0.3, -0.25) is 0 Å². The molecule has 14 heavy (non-hydrogen) atoms. The molecule has 4 nitrogen and oxygen atoms in total. The highest BCUT2D eigenvalue weighted by atomic mass is 79.9. The summed E-state index contributed by atoms with van der Waals surface area (Å²) in [5.74, 6) is 0.391. The topological polar surface area (TPSA) is 58.9 Å². The molecular formula is C9H8BrNO3. The summed E-state index contributed by atoms with van der Waals surface area (Å²) in [5.41, 5.74) is 0.701. The van der Waals surface area contributed by atoms with Crippen molar-refractivity contribution in [3.8, 4) is 11.5 Å². The molecule has 0 saturated heterocycles. The molecule has 0 fully saturated rings. The Hall–Kier alpha value is -1.32. The van der Waals surface area contributed by atoms with E-state index in [4.69, 9.17) is 4.74 Å². The van der Waals surface area contributed by atoms with Crippen LogP contribution in [0, 0.1) is 0 Å². The first-order chi connectivity index (χ1) is 6.69. The number of nitrogens with zero attached hydrogens (tertiary/aromatic N) is 1. The highest BCUT2D eigenvalue weighted by molar-refractivity contribution is 9.10. The third-order valence-electron chi connectivity index (χ3n) is 1.66. The Morgan fingerprint density at radius 2 is 2.36 bits per heavy atom. The van der Waals surface area contributed by atoms with Gasteiger partial charge < -0.3 is 9.84 Å². The minimum atomic E-state index is 0.0202. The SMILES string of the molecule is COc1cc(Br)c(CN=C=O)cc1O. The lowest BCUT2D eigenvalue weighted by molar-refractivity contribution is 0.372. The number of ether oxygens (including phenoxy) is 1. The van der Waals surface area contributed by atoms with Gasteiger partial charge in [0.25, 0.3) is 0 Å². The van der Waals surface area contributed by atoms with Crippen molar-refractivity contribution in [1.29, 1.82) is 0 Å². The number of aliphatic imine (C=N–C) groups is 1. The van der Waals surface area contributed by atoms with Gasteiger partial charge in [0.2, 0.25) is 6.08 Å². The van der Waals surface area contributed by atoms with Crippen LogP contribution < -0.4 is 4.74 Å². The predicted molar refractivity (Wildman–Crippen MR) is 54.2 cm³/mol. The van der Waals surface area contributed by atoms with Gasteiger partial charge in [-0.15, -0.1) is 0 Å². The molecule has 0 aliphatic carbocycles. The highest BCUT2D eigenvalue weighted by Crippen LogP contribution is 2.32. The largest absolute Gasteiger partial charge is 0.504 e. The molecule has 1 N–H and O–H groups in total. The van der Waals surface area contributed by atoms with Crippen LogP contribution in [0.5, 0.6) is 11.5 Å². The van der Waals surface area contributed by atoms with Crippen molar-refractivity contribution in [2.45, 2.75) is 6.54 Å². The predicted octanol–water partition coefficient (Wildman–Crippen LogP) is 2.00. The van der Waals surface area contributed by atoms with E-state index in [1.54, 1.807) is 6.07 Å². The number of carbonyl (C=O) groups excluding carboxylic acids is 1. The van der Waals surface area contributed by atoms with Crippen molar-refractivity contribution in [3.63, 3.8) is 0 Å². The van der Waals surface area contributed by atoms with Gasteiger partial charge in [0.15, 0.2) is 11.5 Å². The monoisotopic (exact) mass is 257 g/mol. The van der Waals surface area contributed by atoms with Crippen molar-refractivity contribution < 1.29 is 14.6 Å². The van der Waals surface area contributed by atoms with E-state index in [1.165, 1.54) is 19.3 Å². The standard InChI is InChI=1S/C9H8BrNO3/c1-14-9-3-7(10)6(2-8(9)13)4-11-5-12/h2-3,13H,4H2,1H3. The Labute approximate surface area is 89.4 Å². The summed E-state index contributed by atoms with van der Waals surface area (Å²) < 4.78 is 5.63. The smallest absolute Gasteiger partial charge is 0.235 e. The summed E-state index contributed by atoms with van der Waals surface area (Å²) in [7, 11) is 1.46. The molecular weight excluding hydrogens is 250 g/mol. The van der Waals surface area contributed by atoms with Crippen molar-refractivity contribution in [1.82, 2.24) is 0 Å². The summed E-state index contributed by atoms with van der Waals surface area (Å²) in [5, 5.41) is 9.43. The molecule has 0 aromatic heterocycles. The number of hydrogen-bond donors (Lipinski definition) is 1. The Morgan fingerprint density at radius 1 is 1.64 bits per heavy atom. The van der Waals surface area contributed by atoms with Crippen LogP contribution in [0.1, 0.15) is 5.56 Å². The van der Waals surface area contributed by atoms with E-state index >= 15 is 0 Å². The first kappa shape index (κ1) is 10.8. The van der Waals surface area contributed by atoms with E-state index in [1.807, 2.05) is 0 Å². The molecule has 74 valence electrons. The van der Waals surface area contributed by atoms with Gasteiger partial charge in [-0.25, -0.2) is 9.79 Å². The van der Waals surface area contributed by atoms with Crippen LogP contribution in [0.4, 0.5) is 0 Å². The number of phenols is 1. The summed E-state index contributed by atoms with van der Waals surface area (Å²) >= 11 is 3.27. The Bertz CT molecular complexity index is 386. The minimum Gasteiger partial charge on any atom is -0.504 e. The van der Waals surface area contributed by atoms with E-state index in [-0.39, 0.29) is 12.3 Å². The van der Waals surface area contributed by atoms with E-state index in [9.17, 15) is 9.90 Å². The fourth-order valence-corrected chi connectivity index (χ4v) is 1.44. The number of benzene rings is 1. The van der Waals surface area contributed by atoms with E-state index in [2.05, 4.69) is 20.9 Å². The summed E-state index contributed by atoms with van der Waals surface area (Å²) in [6, 6.07) is 3.11. The fourth-order valence-electron chi connectivity index (χ4n) is 0.989. The molecule has 0 spiro atoms. The molecule has 1 rings (SSSR count). The van der Waals surface area contributed by atoms with Gasteiger partial charge in [0.05, 0.1) is 13.7 Å². The molecule has 0 bridgehead atoms. The lowest BCUT2D eigenvalue weighted by Gasteiger charge is -2.06. The lowest BCUT2D eigenvalue weighted by Crippen LogP contribution is -1.88. The van der Waals surface area contributed by atoms with Gasteiger partial charge in [0, 0.05) is 4.47 Å². The maximum absolute atomic E-state index is 9.90. The molecule has 5 heteroatoms.